The second kappa shape index (κ2) is 4.51. The van der Waals surface area contributed by atoms with Crippen molar-refractivity contribution in [3.63, 3.8) is 0 Å². The van der Waals surface area contributed by atoms with Gasteiger partial charge in [-0.05, 0) is 66.8 Å². The highest BCUT2D eigenvalue weighted by molar-refractivity contribution is 5.98. The molecule has 2 aliphatic carbocycles. The molecule has 2 unspecified atom stereocenters. The maximum absolute atomic E-state index is 3.65. The van der Waals surface area contributed by atoms with E-state index in [1.165, 1.54) is 45.3 Å². The molecule has 2 N–H and O–H groups in total. The van der Waals surface area contributed by atoms with Gasteiger partial charge >= 0.3 is 0 Å². The average molecular weight is 300 g/mol. The monoisotopic (exact) mass is 300 g/mol. The summed E-state index contributed by atoms with van der Waals surface area (Å²) in [5.41, 5.74) is 9.35. The van der Waals surface area contributed by atoms with E-state index in [0.29, 0.717) is 11.8 Å². The molecule has 0 fully saturated rings. The van der Waals surface area contributed by atoms with Crippen molar-refractivity contribution < 1.29 is 0 Å². The third kappa shape index (κ3) is 1.81. The van der Waals surface area contributed by atoms with Crippen molar-refractivity contribution in [2.75, 3.05) is 5.32 Å². The van der Waals surface area contributed by atoms with E-state index < -0.39 is 0 Å². The number of H-pyrrole nitrogens is 1. The minimum Gasteiger partial charge on any atom is -0.361 e. The first kappa shape index (κ1) is 13.0. The molecule has 5 rings (SSSR count). The van der Waals surface area contributed by atoms with Gasteiger partial charge in [0.2, 0.25) is 0 Å². The van der Waals surface area contributed by atoms with Gasteiger partial charge in [-0.2, -0.15) is 0 Å². The van der Waals surface area contributed by atoms with E-state index >= 15 is 0 Å². The number of anilines is 2. The number of hydrogen-bond donors (Lipinski definition) is 2. The van der Waals surface area contributed by atoms with E-state index in [0.717, 1.165) is 5.69 Å². The zero-order valence-corrected chi connectivity index (χ0v) is 13.5. The van der Waals surface area contributed by atoms with Crippen molar-refractivity contribution in [1.29, 1.82) is 0 Å². The number of hydrogen-bond acceptors (Lipinski definition) is 1. The topological polar surface area (TPSA) is 27.8 Å². The number of nitrogens with one attached hydrogen (secondary N) is 2. The number of benzene rings is 2. The molecule has 2 aliphatic rings. The zero-order chi connectivity index (χ0) is 15.6. The Morgan fingerprint density at radius 3 is 2.74 bits per heavy atom. The Labute approximate surface area is 136 Å². The molecule has 0 saturated carbocycles. The lowest BCUT2D eigenvalue weighted by Crippen LogP contribution is -1.99. The third-order valence-electron chi connectivity index (χ3n) is 5.56. The smallest absolute Gasteiger partial charge is 0.0516 e. The molecule has 1 aromatic heterocycles. The van der Waals surface area contributed by atoms with Gasteiger partial charge in [0.25, 0.3) is 0 Å². The van der Waals surface area contributed by atoms with Gasteiger partial charge in [0.05, 0.1) is 5.52 Å². The molecule has 0 spiro atoms. The van der Waals surface area contributed by atoms with Crippen LogP contribution in [0.2, 0.25) is 0 Å². The molecule has 2 atom stereocenters. The number of aromatic amines is 1. The van der Waals surface area contributed by atoms with Crippen molar-refractivity contribution in [2.45, 2.75) is 32.1 Å². The van der Waals surface area contributed by atoms with Gasteiger partial charge in [0.1, 0.15) is 0 Å². The van der Waals surface area contributed by atoms with E-state index in [2.05, 4.69) is 72.8 Å². The van der Waals surface area contributed by atoms with E-state index in [-0.39, 0.29) is 0 Å². The second-order valence-electron chi connectivity index (χ2n) is 6.95. The van der Waals surface area contributed by atoms with E-state index in [1.54, 1.807) is 0 Å². The molecule has 0 aliphatic heterocycles. The second-order valence-corrected chi connectivity index (χ2v) is 6.95. The normalized spacial score (nSPS) is 21.1. The first-order valence-corrected chi connectivity index (χ1v) is 8.37. The predicted octanol–water partition coefficient (Wildman–Crippen LogP) is 5.67. The Bertz CT molecular complexity index is 961. The van der Waals surface area contributed by atoms with Crippen LogP contribution >= 0.6 is 0 Å². The quantitative estimate of drug-likeness (QED) is 0.586. The van der Waals surface area contributed by atoms with Crippen molar-refractivity contribution in [2.24, 2.45) is 0 Å². The standard InChI is InChI=1S/C21H20N2/c1-12-3-6-16(9-13(12)2)23-19-11-18-14-4-5-15(10-14)20(18)21-17(19)7-8-22-21/h3-9,11,14-15,22-23H,10H2,1-2H3. The van der Waals surface area contributed by atoms with Crippen LogP contribution in [0.15, 0.2) is 48.7 Å². The Morgan fingerprint density at radius 2 is 1.87 bits per heavy atom. The van der Waals surface area contributed by atoms with Crippen LogP contribution in [0.3, 0.4) is 0 Å². The molecule has 1 heterocycles. The molecular weight excluding hydrogens is 280 g/mol. The minimum atomic E-state index is 0.600. The number of rotatable bonds is 2. The van der Waals surface area contributed by atoms with Crippen LogP contribution in [0.25, 0.3) is 10.9 Å². The maximum atomic E-state index is 3.65. The lowest BCUT2D eigenvalue weighted by Gasteiger charge is -2.16. The molecule has 3 aromatic rings. The van der Waals surface area contributed by atoms with E-state index in [4.69, 9.17) is 0 Å². The molecule has 2 bridgehead atoms. The Balaban J connectivity index is 1.65. The van der Waals surface area contributed by atoms with Crippen LogP contribution < -0.4 is 5.32 Å². The lowest BCUT2D eigenvalue weighted by molar-refractivity contribution is 0.806. The number of fused-ring (bicyclic) bond motifs is 7. The molecule has 2 heteroatoms. The fourth-order valence-electron chi connectivity index (χ4n) is 4.20. The predicted molar refractivity (Wildman–Crippen MR) is 96.7 cm³/mol. The summed E-state index contributed by atoms with van der Waals surface area (Å²) < 4.78 is 0. The summed E-state index contributed by atoms with van der Waals surface area (Å²) >= 11 is 0. The van der Waals surface area contributed by atoms with Gasteiger partial charge in [-0.3, -0.25) is 0 Å². The van der Waals surface area contributed by atoms with Crippen molar-refractivity contribution in [1.82, 2.24) is 4.98 Å². The van der Waals surface area contributed by atoms with Crippen LogP contribution in [0.4, 0.5) is 11.4 Å². The van der Waals surface area contributed by atoms with Gasteiger partial charge in [-0.25, -0.2) is 0 Å². The zero-order valence-electron chi connectivity index (χ0n) is 13.5. The van der Waals surface area contributed by atoms with Gasteiger partial charge in [-0.1, -0.05) is 18.2 Å². The molecule has 2 aromatic carbocycles. The number of aryl methyl sites for hydroxylation is 2. The van der Waals surface area contributed by atoms with Crippen LogP contribution in [0.1, 0.15) is 40.5 Å². The largest absolute Gasteiger partial charge is 0.361 e. The highest BCUT2D eigenvalue weighted by atomic mass is 14.9. The maximum Gasteiger partial charge on any atom is 0.0516 e. The summed E-state index contributed by atoms with van der Waals surface area (Å²) in [4.78, 5) is 3.48. The van der Waals surface area contributed by atoms with Crippen LogP contribution in [-0.4, -0.2) is 4.98 Å². The average Bonchev–Trinajstić information content (AvgIpc) is 3.25. The lowest BCUT2D eigenvalue weighted by atomic mass is 9.93. The highest BCUT2D eigenvalue weighted by Gasteiger charge is 2.35. The molecular formula is C21H20N2. The fourth-order valence-corrected chi connectivity index (χ4v) is 4.20. The van der Waals surface area contributed by atoms with Crippen LogP contribution in [0, 0.1) is 13.8 Å². The first-order valence-electron chi connectivity index (χ1n) is 8.37. The molecule has 23 heavy (non-hydrogen) atoms. The summed E-state index contributed by atoms with van der Waals surface area (Å²) in [6.07, 6.45) is 8.06. The van der Waals surface area contributed by atoms with Crippen molar-refractivity contribution in [3.05, 3.63) is 70.9 Å². The molecule has 0 saturated heterocycles. The van der Waals surface area contributed by atoms with Gasteiger partial charge in [0, 0.05) is 34.8 Å². The Kier molecular flexibility index (Phi) is 2.55. The van der Waals surface area contributed by atoms with Gasteiger partial charge in [-0.15, -0.1) is 0 Å². The summed E-state index contributed by atoms with van der Waals surface area (Å²) in [7, 11) is 0. The Morgan fingerprint density at radius 1 is 1.00 bits per heavy atom. The van der Waals surface area contributed by atoms with Gasteiger partial charge in [0.15, 0.2) is 0 Å². The SMILES string of the molecule is Cc1ccc(Nc2cc3c(c4[nH]ccc24)C2C=CC3C2)cc1C. The highest BCUT2D eigenvalue weighted by Crippen LogP contribution is 2.52. The van der Waals surface area contributed by atoms with Gasteiger partial charge < -0.3 is 10.3 Å². The molecule has 114 valence electrons. The first-order chi connectivity index (χ1) is 11.2. The fraction of sp³-hybridized carbons (Fsp3) is 0.238. The summed E-state index contributed by atoms with van der Waals surface area (Å²) in [6.45, 7) is 4.32. The summed E-state index contributed by atoms with van der Waals surface area (Å²) in [5, 5.41) is 4.94. The van der Waals surface area contributed by atoms with Crippen LogP contribution in [-0.2, 0) is 0 Å². The van der Waals surface area contributed by atoms with Crippen molar-refractivity contribution >= 4 is 22.3 Å². The number of aromatic nitrogens is 1. The summed E-state index contributed by atoms with van der Waals surface area (Å²) in [5.74, 6) is 1.20. The van der Waals surface area contributed by atoms with Crippen molar-refractivity contribution in [3.8, 4) is 0 Å². The third-order valence-corrected chi connectivity index (χ3v) is 5.56. The molecule has 0 amide bonds. The molecule has 2 nitrogen and oxygen atoms in total. The van der Waals surface area contributed by atoms with Crippen LogP contribution in [0.5, 0.6) is 0 Å². The minimum absolute atomic E-state index is 0.600. The van der Waals surface area contributed by atoms with E-state index in [1.807, 2.05) is 0 Å². The molecule has 0 radical (unpaired) electrons. The van der Waals surface area contributed by atoms with E-state index in [9.17, 15) is 0 Å². The number of allylic oxidation sites excluding steroid dienone is 2. The summed E-state index contributed by atoms with van der Waals surface area (Å²) in [6, 6.07) is 11.1. The Hall–Kier alpha value is -2.48.